The lowest BCUT2D eigenvalue weighted by atomic mass is 9.81. The second-order valence-electron chi connectivity index (χ2n) is 7.85. The lowest BCUT2D eigenvalue weighted by Crippen LogP contribution is -3.20. The van der Waals surface area contributed by atoms with E-state index in [0.717, 1.165) is 23.5 Å². The first-order chi connectivity index (χ1) is 13.7. The van der Waals surface area contributed by atoms with Crippen LogP contribution in [0.5, 0.6) is 5.75 Å². The minimum absolute atomic E-state index is 0.460. The lowest BCUT2D eigenvalue weighted by Gasteiger charge is -2.46. The van der Waals surface area contributed by atoms with Crippen molar-refractivity contribution >= 4 is 34.4 Å². The number of nitrogens with one attached hydrogen (secondary N) is 3. The van der Waals surface area contributed by atoms with Crippen LogP contribution in [-0.2, 0) is 6.54 Å². The van der Waals surface area contributed by atoms with Crippen molar-refractivity contribution in [3.8, 4) is 5.75 Å². The Balaban J connectivity index is 1.35. The molecule has 4 rings (SSSR count). The van der Waals surface area contributed by atoms with E-state index in [1.165, 1.54) is 43.5 Å². The van der Waals surface area contributed by atoms with Crippen LogP contribution in [0.25, 0.3) is 0 Å². The van der Waals surface area contributed by atoms with Crippen molar-refractivity contribution in [3.63, 3.8) is 0 Å². The number of rotatable bonds is 6. The van der Waals surface area contributed by atoms with Crippen LogP contribution in [0, 0.1) is 0 Å². The lowest BCUT2D eigenvalue weighted by molar-refractivity contribution is -0.973. The number of ether oxygens (including phenoxy) is 1. The summed E-state index contributed by atoms with van der Waals surface area (Å²) in [5.74, 6) is 0.848. The predicted molar refractivity (Wildman–Crippen MR) is 120 cm³/mol. The summed E-state index contributed by atoms with van der Waals surface area (Å²) in [6.45, 7) is 3.83. The summed E-state index contributed by atoms with van der Waals surface area (Å²) in [5, 5.41) is 9.85. The van der Waals surface area contributed by atoms with Gasteiger partial charge in [-0.15, -0.1) is 11.3 Å². The van der Waals surface area contributed by atoms with Crippen LogP contribution in [0.4, 0.5) is 5.69 Å². The van der Waals surface area contributed by atoms with E-state index in [-0.39, 0.29) is 0 Å². The minimum atomic E-state index is 0.460. The van der Waals surface area contributed by atoms with E-state index >= 15 is 0 Å². The number of quaternary nitrogens is 1. The van der Waals surface area contributed by atoms with Gasteiger partial charge in [-0.3, -0.25) is 0 Å². The largest absolute Gasteiger partial charge is 0.492 e. The number of anilines is 1. The molecule has 0 radical (unpaired) electrons. The highest BCUT2D eigenvalue weighted by Crippen LogP contribution is 2.25. The summed E-state index contributed by atoms with van der Waals surface area (Å²) >= 11 is 7.53. The highest BCUT2D eigenvalue weighted by molar-refractivity contribution is 7.80. The molecule has 0 saturated carbocycles. The smallest absolute Gasteiger partial charge is 0.171 e. The van der Waals surface area contributed by atoms with Gasteiger partial charge in [-0.2, -0.15) is 0 Å². The van der Waals surface area contributed by atoms with Crippen molar-refractivity contribution in [3.05, 3.63) is 46.7 Å². The van der Waals surface area contributed by atoms with Crippen LogP contribution in [-0.4, -0.2) is 29.8 Å². The summed E-state index contributed by atoms with van der Waals surface area (Å²) in [5.41, 5.74) is 0.933. The van der Waals surface area contributed by atoms with Crippen molar-refractivity contribution in [2.45, 2.75) is 63.7 Å². The van der Waals surface area contributed by atoms with Gasteiger partial charge in [-0.1, -0.05) is 18.2 Å². The van der Waals surface area contributed by atoms with Crippen molar-refractivity contribution in [2.75, 3.05) is 11.9 Å². The fraction of sp³-hybridized carbons (Fsp3) is 0.500. The molecule has 4 atom stereocenters. The van der Waals surface area contributed by atoms with E-state index < -0.39 is 0 Å². The first-order valence-corrected chi connectivity index (χ1v) is 11.7. The van der Waals surface area contributed by atoms with E-state index in [0.29, 0.717) is 17.8 Å². The summed E-state index contributed by atoms with van der Waals surface area (Å²) in [4.78, 5) is 3.32. The Morgan fingerprint density at radius 1 is 1.18 bits per heavy atom. The van der Waals surface area contributed by atoms with Gasteiger partial charge in [-0.25, -0.2) is 0 Å². The van der Waals surface area contributed by atoms with Crippen LogP contribution >= 0.6 is 23.6 Å². The molecular weight excluding hydrogens is 386 g/mol. The van der Waals surface area contributed by atoms with Crippen molar-refractivity contribution in [1.82, 2.24) is 5.32 Å². The Kier molecular flexibility index (Phi) is 6.50. The van der Waals surface area contributed by atoms with Gasteiger partial charge in [0.25, 0.3) is 0 Å². The Morgan fingerprint density at radius 3 is 2.68 bits per heavy atom. The zero-order chi connectivity index (χ0) is 19.3. The van der Waals surface area contributed by atoms with Gasteiger partial charge in [-0.05, 0) is 62.0 Å². The fourth-order valence-electron chi connectivity index (χ4n) is 4.85. The predicted octanol–water partition coefficient (Wildman–Crippen LogP) is 3.60. The maximum atomic E-state index is 5.70. The Morgan fingerprint density at radius 2 is 1.96 bits per heavy atom. The van der Waals surface area contributed by atoms with E-state index in [4.69, 9.17) is 17.0 Å². The monoisotopic (exact) mass is 416 g/mol. The second kappa shape index (κ2) is 9.25. The molecule has 2 aromatic rings. The molecule has 3 N–H and O–H groups in total. The highest BCUT2D eigenvalue weighted by Gasteiger charge is 2.42. The van der Waals surface area contributed by atoms with E-state index in [1.807, 2.05) is 42.5 Å². The van der Waals surface area contributed by atoms with Crippen LogP contribution in [0.2, 0.25) is 0 Å². The molecule has 0 amide bonds. The molecule has 150 valence electrons. The van der Waals surface area contributed by atoms with Crippen molar-refractivity contribution in [1.29, 1.82) is 0 Å². The molecule has 2 aliphatic heterocycles. The maximum Gasteiger partial charge on any atom is 0.171 e. The molecule has 2 unspecified atom stereocenters. The van der Waals surface area contributed by atoms with Crippen LogP contribution in [0.15, 0.2) is 41.8 Å². The molecule has 2 bridgehead atoms. The standard InChI is InChI=1S/C22H29N3OS2/c1-2-26-21-11-4-3-10-20(21)24-22(27)23-16-13-17-7-5-8-18(14-16)25(17)15-19-9-6-12-28-19/h3-4,6,9-12,16-18H,2,5,7-8,13-15H2,1H3,(H2,23,24,27)/p+1/t16?,17-,18+. The normalized spacial score (nSPS) is 26.5. The Bertz CT molecular complexity index is 766. The Labute approximate surface area is 177 Å². The molecule has 28 heavy (non-hydrogen) atoms. The van der Waals surface area contributed by atoms with E-state index in [9.17, 15) is 0 Å². The molecule has 2 saturated heterocycles. The summed E-state index contributed by atoms with van der Waals surface area (Å²) in [6, 6.07) is 14.4. The first kappa shape index (κ1) is 19.7. The fourth-order valence-corrected chi connectivity index (χ4v) is 5.87. The summed E-state index contributed by atoms with van der Waals surface area (Å²) in [7, 11) is 0. The van der Waals surface area contributed by atoms with Gasteiger partial charge < -0.3 is 20.3 Å². The van der Waals surface area contributed by atoms with Crippen molar-refractivity contribution in [2.24, 2.45) is 0 Å². The molecule has 3 heterocycles. The van der Waals surface area contributed by atoms with Gasteiger partial charge in [0, 0.05) is 18.9 Å². The van der Waals surface area contributed by atoms with Crippen LogP contribution in [0.1, 0.15) is 43.9 Å². The molecule has 1 aromatic carbocycles. The summed E-state index contributed by atoms with van der Waals surface area (Å²) in [6.07, 6.45) is 6.45. The first-order valence-electron chi connectivity index (χ1n) is 10.4. The molecule has 0 aliphatic carbocycles. The van der Waals surface area contributed by atoms with Gasteiger partial charge >= 0.3 is 0 Å². The molecular formula is C22H30N3OS2+. The third kappa shape index (κ3) is 4.67. The van der Waals surface area contributed by atoms with Gasteiger partial charge in [0.05, 0.1) is 29.3 Å². The van der Waals surface area contributed by atoms with Gasteiger partial charge in [0.15, 0.2) is 5.11 Å². The molecule has 0 spiro atoms. The SMILES string of the molecule is CCOc1ccccc1NC(=S)NC1C[C@H]2CCC[C@@H](C1)[NH+]2Cc1cccs1. The quantitative estimate of drug-likeness (QED) is 0.629. The van der Waals surface area contributed by atoms with Crippen LogP contribution in [0.3, 0.4) is 0 Å². The number of piperidine rings is 2. The third-order valence-corrected chi connectivity index (χ3v) is 7.12. The topological polar surface area (TPSA) is 37.7 Å². The highest BCUT2D eigenvalue weighted by atomic mass is 32.1. The average molecular weight is 417 g/mol. The number of hydrogen-bond acceptors (Lipinski definition) is 3. The molecule has 6 heteroatoms. The van der Waals surface area contributed by atoms with Gasteiger partial charge in [0.2, 0.25) is 0 Å². The maximum absolute atomic E-state index is 5.70. The van der Waals surface area contributed by atoms with Crippen LogP contribution < -0.4 is 20.3 Å². The number of hydrogen-bond donors (Lipinski definition) is 3. The zero-order valence-corrected chi connectivity index (χ0v) is 18.1. The number of fused-ring (bicyclic) bond motifs is 2. The zero-order valence-electron chi connectivity index (χ0n) is 16.4. The van der Waals surface area contributed by atoms with E-state index in [2.05, 4.69) is 28.1 Å². The number of thiophene rings is 1. The second-order valence-corrected chi connectivity index (χ2v) is 9.29. The molecule has 2 fully saturated rings. The molecule has 4 nitrogen and oxygen atoms in total. The third-order valence-electron chi connectivity index (χ3n) is 6.02. The number of thiocarbonyl (C=S) groups is 1. The summed E-state index contributed by atoms with van der Waals surface area (Å²) < 4.78 is 5.70. The molecule has 1 aromatic heterocycles. The number of para-hydroxylation sites is 2. The van der Waals surface area contributed by atoms with Gasteiger partial charge in [0.1, 0.15) is 12.3 Å². The number of benzene rings is 1. The Hall–Kier alpha value is -1.63. The minimum Gasteiger partial charge on any atom is -0.492 e. The van der Waals surface area contributed by atoms with Crippen molar-refractivity contribution < 1.29 is 9.64 Å². The van der Waals surface area contributed by atoms with E-state index in [1.54, 1.807) is 4.90 Å². The average Bonchev–Trinajstić information content (AvgIpc) is 3.17. The molecule has 2 aliphatic rings.